The van der Waals surface area contributed by atoms with Crippen molar-refractivity contribution in [3.63, 3.8) is 0 Å². The van der Waals surface area contributed by atoms with E-state index in [1.54, 1.807) is 0 Å². The molecule has 0 unspecified atom stereocenters. The highest BCUT2D eigenvalue weighted by molar-refractivity contribution is 6.98. The average molecular weight is 565 g/mol. The van der Waals surface area contributed by atoms with Gasteiger partial charge in [-0.1, -0.05) is 84.0 Å². The molecule has 3 nitrogen and oxygen atoms in total. The predicted octanol–water partition coefficient (Wildman–Crippen LogP) is 7.48. The topological polar surface area (TPSA) is 22.3 Å². The zero-order valence-electron chi connectivity index (χ0n) is 26.5. The Balaban J connectivity index is 1.43. The molecule has 1 aromatic heterocycles. The van der Waals surface area contributed by atoms with Gasteiger partial charge in [0, 0.05) is 23.2 Å². The second-order valence-corrected chi connectivity index (χ2v) is 14.3. The van der Waals surface area contributed by atoms with Gasteiger partial charge in [0.2, 0.25) is 5.69 Å². The predicted molar refractivity (Wildman–Crippen MR) is 178 cm³/mol. The lowest BCUT2D eigenvalue weighted by molar-refractivity contribution is -0.660. The molecule has 3 heterocycles. The maximum atomic E-state index is 6.74. The number of pyridine rings is 1. The molecule has 0 radical (unpaired) electrons. The highest BCUT2D eigenvalue weighted by atomic mass is 16.5. The molecule has 0 atom stereocenters. The van der Waals surface area contributed by atoms with Crippen molar-refractivity contribution in [1.29, 1.82) is 0 Å². The Hall–Kier alpha value is -4.31. The smallest absolute Gasteiger partial charge is 0.260 e. The minimum absolute atomic E-state index is 0.0293. The lowest BCUT2D eigenvalue weighted by atomic mass is 9.34. The molecule has 0 aliphatic carbocycles. The van der Waals surface area contributed by atoms with Crippen LogP contribution in [0.15, 0.2) is 91.1 Å². The monoisotopic (exact) mass is 564 g/mol. The molecular weight excluding hydrogens is 525 g/mol. The van der Waals surface area contributed by atoms with E-state index in [4.69, 9.17) is 9.47 Å². The van der Waals surface area contributed by atoms with Crippen molar-refractivity contribution >= 4 is 23.1 Å². The van der Waals surface area contributed by atoms with Crippen LogP contribution in [0.25, 0.3) is 22.4 Å². The van der Waals surface area contributed by atoms with Gasteiger partial charge in [-0.25, -0.2) is 4.57 Å². The number of aromatic nitrogens is 1. The van der Waals surface area contributed by atoms with Gasteiger partial charge < -0.3 is 9.47 Å². The first-order valence-electron chi connectivity index (χ1n) is 15.3. The van der Waals surface area contributed by atoms with Gasteiger partial charge in [0.15, 0.2) is 6.20 Å². The van der Waals surface area contributed by atoms with Gasteiger partial charge in [0.05, 0.1) is 0 Å². The van der Waals surface area contributed by atoms with Crippen LogP contribution < -0.4 is 30.4 Å². The lowest BCUT2D eigenvalue weighted by Gasteiger charge is -2.35. The molecule has 4 heteroatoms. The maximum absolute atomic E-state index is 6.74. The average Bonchev–Trinajstić information content (AvgIpc) is 2.96. The first-order valence-corrected chi connectivity index (χ1v) is 15.3. The second kappa shape index (κ2) is 9.60. The number of aryl methyl sites for hydroxylation is 2. The first kappa shape index (κ1) is 27.5. The first-order chi connectivity index (χ1) is 20.4. The maximum Gasteiger partial charge on any atom is 0.260 e. The second-order valence-electron chi connectivity index (χ2n) is 14.3. The molecule has 2 aliphatic heterocycles. The van der Waals surface area contributed by atoms with E-state index in [0.29, 0.717) is 0 Å². The highest BCUT2D eigenvalue weighted by Gasteiger charge is 2.41. The molecule has 0 amide bonds. The fourth-order valence-electron chi connectivity index (χ4n) is 6.48. The van der Waals surface area contributed by atoms with E-state index < -0.39 is 0 Å². The third-order valence-corrected chi connectivity index (χ3v) is 9.11. The Morgan fingerprint density at radius 3 is 1.70 bits per heavy atom. The molecule has 2 aliphatic rings. The van der Waals surface area contributed by atoms with Crippen LogP contribution in [0.4, 0.5) is 0 Å². The molecular formula is C39H39BNO2+. The van der Waals surface area contributed by atoms with E-state index in [1.807, 2.05) is 0 Å². The minimum atomic E-state index is 0.0293. The summed E-state index contributed by atoms with van der Waals surface area (Å²) >= 11 is 0. The molecule has 0 saturated heterocycles. The van der Waals surface area contributed by atoms with Crippen molar-refractivity contribution in [2.45, 2.75) is 59.3 Å². The van der Waals surface area contributed by atoms with E-state index in [-0.39, 0.29) is 17.5 Å². The van der Waals surface area contributed by atoms with Crippen LogP contribution in [0.2, 0.25) is 0 Å². The summed E-state index contributed by atoms with van der Waals surface area (Å²) in [4.78, 5) is 0. The summed E-state index contributed by atoms with van der Waals surface area (Å²) in [5.41, 5.74) is 12.0. The number of ether oxygens (including phenoxy) is 2. The lowest BCUT2D eigenvalue weighted by Crippen LogP contribution is -2.57. The molecule has 0 fully saturated rings. The summed E-state index contributed by atoms with van der Waals surface area (Å²) < 4.78 is 15.7. The van der Waals surface area contributed by atoms with Crippen LogP contribution in [-0.2, 0) is 17.9 Å². The summed E-state index contributed by atoms with van der Waals surface area (Å²) in [5.74, 6) is 3.57. The van der Waals surface area contributed by atoms with Crippen molar-refractivity contribution in [1.82, 2.24) is 0 Å². The molecule has 43 heavy (non-hydrogen) atoms. The van der Waals surface area contributed by atoms with Crippen molar-refractivity contribution in [2.75, 3.05) is 0 Å². The number of nitrogens with zero attached hydrogens (tertiary/aromatic N) is 1. The van der Waals surface area contributed by atoms with Crippen molar-refractivity contribution in [2.24, 2.45) is 7.05 Å². The van der Waals surface area contributed by atoms with Gasteiger partial charge in [-0.3, -0.25) is 0 Å². The molecule has 0 N–H and O–H groups in total. The zero-order valence-corrected chi connectivity index (χ0v) is 26.5. The van der Waals surface area contributed by atoms with Crippen LogP contribution >= 0.6 is 0 Å². The Bertz CT molecular complexity index is 1840. The molecule has 0 spiro atoms. The normalized spacial score (nSPS) is 13.4. The Morgan fingerprint density at radius 2 is 1.16 bits per heavy atom. The molecule has 214 valence electrons. The van der Waals surface area contributed by atoms with Crippen LogP contribution in [0.1, 0.15) is 58.2 Å². The number of hydrogen-bond acceptors (Lipinski definition) is 2. The SMILES string of the molecule is Cc1ccccc1-c1cc(-c2cc3c4c(c2)Oc2ccc(C(C)(C)C)cc2B4c2cc(C(C)(C)C)ccc2O3)cc[n+]1C. The van der Waals surface area contributed by atoms with E-state index >= 15 is 0 Å². The van der Waals surface area contributed by atoms with Gasteiger partial charge >= 0.3 is 0 Å². The fraction of sp³-hybridized carbons (Fsp3) is 0.256. The molecule has 4 aromatic carbocycles. The van der Waals surface area contributed by atoms with E-state index in [9.17, 15) is 0 Å². The fourth-order valence-corrected chi connectivity index (χ4v) is 6.48. The van der Waals surface area contributed by atoms with Crippen LogP contribution in [-0.4, -0.2) is 6.71 Å². The summed E-state index contributed by atoms with van der Waals surface area (Å²) in [6.45, 7) is 15.8. The van der Waals surface area contributed by atoms with Gasteiger partial charge in [0.25, 0.3) is 6.71 Å². The minimum Gasteiger partial charge on any atom is -0.458 e. The standard InChI is InChI=1S/C39H39BNO2/c1-24-11-9-10-12-29(24)32-19-25(17-18-41(32)8)26-20-35-37-36(21-26)43-34-16-14-28(39(5,6)7)23-31(34)40(37)30-22-27(38(2,3)4)13-15-33(30)42-35/h9-23H,1-8H3/q+1. The van der Waals surface area contributed by atoms with Crippen molar-refractivity contribution < 1.29 is 14.0 Å². The largest absolute Gasteiger partial charge is 0.458 e. The summed E-state index contributed by atoms with van der Waals surface area (Å²) in [6.07, 6.45) is 2.14. The van der Waals surface area contributed by atoms with Crippen LogP contribution in [0.3, 0.4) is 0 Å². The van der Waals surface area contributed by atoms with Gasteiger partial charge in [0.1, 0.15) is 30.0 Å². The third kappa shape index (κ3) is 4.64. The number of benzene rings is 4. The van der Waals surface area contributed by atoms with Gasteiger partial charge in [-0.2, -0.15) is 0 Å². The third-order valence-electron chi connectivity index (χ3n) is 9.11. The quantitative estimate of drug-likeness (QED) is 0.161. The van der Waals surface area contributed by atoms with Crippen LogP contribution in [0.5, 0.6) is 23.0 Å². The molecule has 0 bridgehead atoms. The van der Waals surface area contributed by atoms with Crippen molar-refractivity contribution in [3.05, 3.63) is 108 Å². The molecule has 0 saturated carbocycles. The molecule has 7 rings (SSSR count). The summed E-state index contributed by atoms with van der Waals surface area (Å²) in [7, 11) is 2.10. The number of hydrogen-bond donors (Lipinski definition) is 0. The summed E-state index contributed by atoms with van der Waals surface area (Å²) in [6, 6.07) is 30.8. The van der Waals surface area contributed by atoms with Gasteiger partial charge in [-0.05, 0) is 86.8 Å². The van der Waals surface area contributed by atoms with E-state index in [2.05, 4.69) is 151 Å². The number of fused-ring (bicyclic) bond motifs is 4. The Labute approximate surface area is 256 Å². The Morgan fingerprint density at radius 1 is 0.605 bits per heavy atom. The number of rotatable bonds is 2. The van der Waals surface area contributed by atoms with Crippen molar-refractivity contribution in [3.8, 4) is 45.4 Å². The Kier molecular flexibility index (Phi) is 6.15. The van der Waals surface area contributed by atoms with E-state index in [1.165, 1.54) is 38.9 Å². The zero-order chi connectivity index (χ0) is 30.3. The van der Waals surface area contributed by atoms with Gasteiger partial charge in [-0.15, -0.1) is 0 Å². The molecule has 5 aromatic rings. The summed E-state index contributed by atoms with van der Waals surface area (Å²) in [5, 5.41) is 0. The highest BCUT2D eigenvalue weighted by Crippen LogP contribution is 2.40. The van der Waals surface area contributed by atoms with Crippen LogP contribution in [0, 0.1) is 6.92 Å². The van der Waals surface area contributed by atoms with E-state index in [0.717, 1.165) is 39.6 Å².